The van der Waals surface area contributed by atoms with Gasteiger partial charge in [0.15, 0.2) is 5.67 Å². The molecule has 0 saturated carbocycles. The summed E-state index contributed by atoms with van der Waals surface area (Å²) < 4.78 is 18.7. The van der Waals surface area contributed by atoms with Gasteiger partial charge in [-0.1, -0.05) is 0 Å². The molecule has 0 radical (unpaired) electrons. The van der Waals surface area contributed by atoms with Crippen molar-refractivity contribution in [3.8, 4) is 0 Å². The molecule has 64 valence electrons. The van der Waals surface area contributed by atoms with E-state index in [1.165, 1.54) is 0 Å². The summed E-state index contributed by atoms with van der Waals surface area (Å²) in [6.07, 6.45) is 0. The van der Waals surface area contributed by atoms with Gasteiger partial charge in [0, 0.05) is 13.1 Å². The first-order valence-electron chi connectivity index (χ1n) is 3.81. The van der Waals surface area contributed by atoms with Gasteiger partial charge in [-0.05, 0) is 0 Å². The number of aliphatic hydroxyl groups is 1. The van der Waals surface area contributed by atoms with Gasteiger partial charge in [-0.2, -0.15) is 0 Å². The molecule has 0 aliphatic carbocycles. The van der Waals surface area contributed by atoms with Crippen molar-refractivity contribution in [1.82, 2.24) is 5.32 Å². The van der Waals surface area contributed by atoms with Crippen LogP contribution in [0.4, 0.5) is 4.39 Å². The molecule has 11 heavy (non-hydrogen) atoms. The minimum Gasteiger partial charge on any atom is -0.393 e. The van der Waals surface area contributed by atoms with Crippen molar-refractivity contribution in [2.75, 3.05) is 32.9 Å². The van der Waals surface area contributed by atoms with Crippen LogP contribution >= 0.6 is 0 Å². The largest absolute Gasteiger partial charge is 0.393 e. The second kappa shape index (κ2) is 2.15. The quantitative estimate of drug-likeness (QED) is 0.534. The van der Waals surface area contributed by atoms with Crippen molar-refractivity contribution in [2.45, 2.75) is 5.67 Å². The highest BCUT2D eigenvalue weighted by atomic mass is 19.1. The number of halogens is 1. The lowest BCUT2D eigenvalue weighted by molar-refractivity contribution is -0.177. The van der Waals surface area contributed by atoms with E-state index in [1.807, 2.05) is 0 Å². The molecule has 0 aromatic heterocycles. The van der Waals surface area contributed by atoms with Crippen LogP contribution in [-0.2, 0) is 4.74 Å². The Bertz CT molecular complexity index is 162. The van der Waals surface area contributed by atoms with Crippen molar-refractivity contribution < 1.29 is 14.2 Å². The molecule has 0 aromatic rings. The molecule has 2 saturated heterocycles. The third kappa shape index (κ3) is 0.774. The van der Waals surface area contributed by atoms with E-state index in [4.69, 9.17) is 9.84 Å². The van der Waals surface area contributed by atoms with Gasteiger partial charge in [0.1, 0.15) is 0 Å². The molecule has 3 nitrogen and oxygen atoms in total. The van der Waals surface area contributed by atoms with E-state index < -0.39 is 17.7 Å². The number of alkyl halides is 1. The van der Waals surface area contributed by atoms with Gasteiger partial charge >= 0.3 is 0 Å². The van der Waals surface area contributed by atoms with Crippen molar-refractivity contribution in [2.24, 2.45) is 5.41 Å². The second-order valence-corrected chi connectivity index (χ2v) is 3.50. The predicted molar refractivity (Wildman–Crippen MR) is 37.0 cm³/mol. The summed E-state index contributed by atoms with van der Waals surface area (Å²) in [5.41, 5.74) is -1.88. The van der Waals surface area contributed by atoms with Gasteiger partial charge in [0.2, 0.25) is 0 Å². The van der Waals surface area contributed by atoms with Crippen LogP contribution in [0.3, 0.4) is 0 Å². The van der Waals surface area contributed by atoms with Gasteiger partial charge in [-0.15, -0.1) is 0 Å². The van der Waals surface area contributed by atoms with Crippen molar-refractivity contribution >= 4 is 0 Å². The molecule has 0 bridgehead atoms. The highest BCUT2D eigenvalue weighted by Gasteiger charge is 2.60. The third-order valence-electron chi connectivity index (χ3n) is 2.83. The summed E-state index contributed by atoms with van der Waals surface area (Å²) in [5.74, 6) is 0. The summed E-state index contributed by atoms with van der Waals surface area (Å²) in [5, 5.41) is 11.8. The Hall–Kier alpha value is -0.190. The number of nitrogens with one attached hydrogen (secondary N) is 1. The van der Waals surface area contributed by atoms with Crippen LogP contribution in [-0.4, -0.2) is 43.7 Å². The molecule has 2 fully saturated rings. The Balaban J connectivity index is 2.19. The number of aliphatic hydroxyl groups excluding tert-OH is 1. The highest BCUT2D eigenvalue weighted by molar-refractivity contribution is 5.10. The van der Waals surface area contributed by atoms with E-state index in [9.17, 15) is 4.39 Å². The first-order valence-corrected chi connectivity index (χ1v) is 3.81. The van der Waals surface area contributed by atoms with E-state index in [1.54, 1.807) is 0 Å². The van der Waals surface area contributed by atoms with E-state index in [0.29, 0.717) is 19.8 Å². The minimum atomic E-state index is -1.45. The van der Waals surface area contributed by atoms with Gasteiger partial charge in [0.05, 0.1) is 25.2 Å². The summed E-state index contributed by atoms with van der Waals surface area (Å²) in [7, 11) is 0. The third-order valence-corrected chi connectivity index (χ3v) is 2.83. The Morgan fingerprint density at radius 1 is 1.45 bits per heavy atom. The fourth-order valence-corrected chi connectivity index (χ4v) is 1.78. The highest BCUT2D eigenvalue weighted by Crippen LogP contribution is 2.43. The van der Waals surface area contributed by atoms with Gasteiger partial charge in [-0.25, -0.2) is 4.39 Å². The summed E-state index contributed by atoms with van der Waals surface area (Å²) in [4.78, 5) is 0. The van der Waals surface area contributed by atoms with Crippen LogP contribution in [0.1, 0.15) is 0 Å². The smallest absolute Gasteiger partial charge is 0.157 e. The monoisotopic (exact) mass is 161 g/mol. The van der Waals surface area contributed by atoms with Crippen LogP contribution in [0.25, 0.3) is 0 Å². The van der Waals surface area contributed by atoms with Crippen LogP contribution in [0.5, 0.6) is 0 Å². The number of hydrogen-bond acceptors (Lipinski definition) is 3. The van der Waals surface area contributed by atoms with E-state index in [0.717, 1.165) is 0 Å². The number of hydrogen-bond donors (Lipinski definition) is 2. The Morgan fingerprint density at radius 3 is 2.55 bits per heavy atom. The lowest BCUT2D eigenvalue weighted by Gasteiger charge is -2.44. The molecule has 2 N–H and O–H groups in total. The molecule has 2 aliphatic rings. The molecule has 2 heterocycles. The molecular formula is C7H12FNO2. The summed E-state index contributed by atoms with van der Waals surface area (Å²) in [6, 6.07) is 0. The Labute approximate surface area is 64.5 Å². The zero-order valence-electron chi connectivity index (χ0n) is 6.27. The second-order valence-electron chi connectivity index (χ2n) is 3.50. The molecule has 2 aliphatic heterocycles. The Morgan fingerprint density at radius 2 is 2.18 bits per heavy atom. The Kier molecular flexibility index (Phi) is 1.46. The van der Waals surface area contributed by atoms with E-state index >= 15 is 0 Å². The van der Waals surface area contributed by atoms with Crippen molar-refractivity contribution in [3.05, 3.63) is 0 Å². The SMILES string of the molecule is OC[C@@]1(F)CNCC12COC2. The summed E-state index contributed by atoms with van der Waals surface area (Å²) >= 11 is 0. The average molecular weight is 161 g/mol. The van der Waals surface area contributed by atoms with Crippen LogP contribution < -0.4 is 5.32 Å². The first kappa shape index (κ1) is 7.46. The van der Waals surface area contributed by atoms with Crippen LogP contribution in [0, 0.1) is 5.41 Å². The van der Waals surface area contributed by atoms with Crippen molar-refractivity contribution in [3.63, 3.8) is 0 Å². The van der Waals surface area contributed by atoms with Crippen LogP contribution in [0.2, 0.25) is 0 Å². The summed E-state index contributed by atoms with van der Waals surface area (Å²) in [6.45, 7) is 1.37. The van der Waals surface area contributed by atoms with E-state index in [2.05, 4.69) is 5.32 Å². The van der Waals surface area contributed by atoms with Gasteiger partial charge < -0.3 is 15.2 Å². The zero-order chi connectivity index (χ0) is 7.95. The standard InChI is InChI=1S/C7H12FNO2/c8-7(3-10)2-9-1-6(7)4-11-5-6/h9-10H,1-5H2/t7-/m0/s1. The van der Waals surface area contributed by atoms with Crippen molar-refractivity contribution in [1.29, 1.82) is 0 Å². The molecule has 0 unspecified atom stereocenters. The number of rotatable bonds is 1. The minimum absolute atomic E-state index is 0.257. The molecule has 0 aromatic carbocycles. The molecule has 0 amide bonds. The van der Waals surface area contributed by atoms with Crippen LogP contribution in [0.15, 0.2) is 0 Å². The van der Waals surface area contributed by atoms with Gasteiger partial charge in [-0.3, -0.25) is 0 Å². The fraction of sp³-hybridized carbons (Fsp3) is 1.00. The maximum Gasteiger partial charge on any atom is 0.157 e. The lowest BCUT2D eigenvalue weighted by Crippen LogP contribution is -2.58. The predicted octanol–water partition coefficient (Wildman–Crippen LogP) is -0.693. The fourth-order valence-electron chi connectivity index (χ4n) is 1.78. The molecule has 4 heteroatoms. The number of ether oxygens (including phenoxy) is 1. The average Bonchev–Trinajstić information content (AvgIpc) is 2.27. The topological polar surface area (TPSA) is 41.5 Å². The first-order chi connectivity index (χ1) is 5.22. The van der Waals surface area contributed by atoms with E-state index in [-0.39, 0.29) is 6.54 Å². The maximum absolute atomic E-state index is 13.7. The zero-order valence-corrected chi connectivity index (χ0v) is 6.27. The van der Waals surface area contributed by atoms with Gasteiger partial charge in [0.25, 0.3) is 0 Å². The molecule has 1 spiro atoms. The maximum atomic E-state index is 13.7. The molecular weight excluding hydrogens is 149 g/mol. The normalized spacial score (nSPS) is 40.9. The molecule has 1 atom stereocenters. The molecule has 2 rings (SSSR count). The lowest BCUT2D eigenvalue weighted by atomic mass is 9.74.